The number of imidazole rings is 1. The highest BCUT2D eigenvalue weighted by Crippen LogP contribution is 2.44. The third-order valence-electron chi connectivity index (χ3n) is 4.61. The Labute approximate surface area is 163 Å². The van der Waals surface area contributed by atoms with E-state index in [9.17, 15) is 9.90 Å². The molecule has 0 spiro atoms. The first-order valence-electron chi connectivity index (χ1n) is 8.56. The lowest BCUT2D eigenvalue weighted by Crippen LogP contribution is -2.16. The maximum absolute atomic E-state index is 12.4. The lowest BCUT2D eigenvalue weighted by atomic mass is 10.0. The van der Waals surface area contributed by atoms with Crippen molar-refractivity contribution in [3.8, 4) is 11.6 Å². The van der Waals surface area contributed by atoms with E-state index in [0.29, 0.717) is 28.6 Å². The van der Waals surface area contributed by atoms with Crippen molar-refractivity contribution in [2.24, 2.45) is 0 Å². The van der Waals surface area contributed by atoms with Gasteiger partial charge in [-0.15, -0.1) is 11.8 Å². The summed E-state index contributed by atoms with van der Waals surface area (Å²) in [4.78, 5) is 28.1. The van der Waals surface area contributed by atoms with Gasteiger partial charge < -0.3 is 15.4 Å². The summed E-state index contributed by atoms with van der Waals surface area (Å²) in [6.07, 6.45) is 2.97. The summed E-state index contributed by atoms with van der Waals surface area (Å²) in [5.41, 5.74) is 3.84. The monoisotopic (exact) mass is 393 g/mol. The quantitative estimate of drug-likeness (QED) is 0.478. The molecule has 0 bridgehead atoms. The van der Waals surface area contributed by atoms with Gasteiger partial charge in [0, 0.05) is 5.56 Å². The van der Waals surface area contributed by atoms with E-state index in [1.807, 2.05) is 19.1 Å². The molecular formula is C18H15N7O2S. The van der Waals surface area contributed by atoms with Crippen LogP contribution in [0, 0.1) is 6.92 Å². The molecule has 5 rings (SSSR count). The number of aromatic amines is 1. The highest BCUT2D eigenvalue weighted by molar-refractivity contribution is 8.00. The van der Waals surface area contributed by atoms with E-state index in [1.54, 1.807) is 23.1 Å². The number of hydrogen-bond acceptors (Lipinski definition) is 7. The first-order chi connectivity index (χ1) is 13.6. The van der Waals surface area contributed by atoms with Gasteiger partial charge in [0.2, 0.25) is 5.91 Å². The number of rotatable bonds is 2. The lowest BCUT2D eigenvalue weighted by molar-refractivity contribution is -0.113. The van der Waals surface area contributed by atoms with Gasteiger partial charge in [-0.3, -0.25) is 4.79 Å². The number of thioether (sulfide) groups is 1. The predicted octanol–water partition coefficient (Wildman–Crippen LogP) is 2.33. The molecule has 4 heterocycles. The molecule has 9 nitrogen and oxygen atoms in total. The summed E-state index contributed by atoms with van der Waals surface area (Å²) in [5, 5.41) is 17.2. The van der Waals surface area contributed by atoms with Crippen LogP contribution in [0.1, 0.15) is 22.1 Å². The molecule has 1 amide bonds. The molecule has 1 unspecified atom stereocenters. The molecule has 1 aromatic carbocycles. The number of phenols is 1. The van der Waals surface area contributed by atoms with E-state index in [2.05, 4.69) is 30.4 Å². The van der Waals surface area contributed by atoms with Gasteiger partial charge in [0.05, 0.1) is 23.0 Å². The van der Waals surface area contributed by atoms with Crippen LogP contribution in [0.25, 0.3) is 17.0 Å². The van der Waals surface area contributed by atoms with Crippen LogP contribution in [-0.4, -0.2) is 46.5 Å². The Bertz CT molecular complexity index is 1200. The molecule has 28 heavy (non-hydrogen) atoms. The minimum atomic E-state index is -0.109. The zero-order valence-corrected chi connectivity index (χ0v) is 15.6. The van der Waals surface area contributed by atoms with Crippen LogP contribution in [0.15, 0.2) is 36.9 Å². The SMILES string of the molecule is Cc1nn(-c2ncnc3nc[nH]c23)c2c1C(c1ccc(O)cc1)SCC(=O)N2. The van der Waals surface area contributed by atoms with Gasteiger partial charge in [-0.2, -0.15) is 9.78 Å². The van der Waals surface area contributed by atoms with E-state index in [-0.39, 0.29) is 16.9 Å². The van der Waals surface area contributed by atoms with Crippen molar-refractivity contribution in [2.45, 2.75) is 12.2 Å². The van der Waals surface area contributed by atoms with E-state index in [4.69, 9.17) is 0 Å². The maximum atomic E-state index is 12.4. The first kappa shape index (κ1) is 16.8. The van der Waals surface area contributed by atoms with Crippen LogP contribution >= 0.6 is 11.8 Å². The number of aromatic hydroxyl groups is 1. The summed E-state index contributed by atoms with van der Waals surface area (Å²) in [6.45, 7) is 1.91. The number of nitrogens with one attached hydrogen (secondary N) is 2. The van der Waals surface area contributed by atoms with Crippen molar-refractivity contribution in [3.63, 3.8) is 0 Å². The fraction of sp³-hybridized carbons (Fsp3) is 0.167. The van der Waals surface area contributed by atoms with Gasteiger partial charge >= 0.3 is 0 Å². The molecule has 140 valence electrons. The molecule has 0 radical (unpaired) electrons. The van der Waals surface area contributed by atoms with Crippen molar-refractivity contribution in [1.82, 2.24) is 29.7 Å². The number of carbonyl (C=O) groups excluding carboxylic acids is 1. The summed E-state index contributed by atoms with van der Waals surface area (Å²) >= 11 is 1.52. The largest absolute Gasteiger partial charge is 0.508 e. The van der Waals surface area contributed by atoms with Crippen LogP contribution in [0.3, 0.4) is 0 Å². The number of benzene rings is 1. The second-order valence-corrected chi connectivity index (χ2v) is 7.48. The van der Waals surface area contributed by atoms with Crippen LogP contribution in [0.4, 0.5) is 5.82 Å². The minimum Gasteiger partial charge on any atom is -0.508 e. The summed E-state index contributed by atoms with van der Waals surface area (Å²) in [5.74, 6) is 1.50. The molecular weight excluding hydrogens is 378 g/mol. The van der Waals surface area contributed by atoms with Gasteiger partial charge in [0.25, 0.3) is 0 Å². The molecule has 0 saturated heterocycles. The highest BCUT2D eigenvalue weighted by Gasteiger charge is 2.31. The number of phenolic OH excluding ortho intramolecular Hbond substituents is 1. The summed E-state index contributed by atoms with van der Waals surface area (Å²) in [6, 6.07) is 7.02. The van der Waals surface area contributed by atoms with E-state index in [0.717, 1.165) is 16.8 Å². The summed E-state index contributed by atoms with van der Waals surface area (Å²) < 4.78 is 1.63. The number of aryl methyl sites for hydroxylation is 1. The predicted molar refractivity (Wildman–Crippen MR) is 105 cm³/mol. The number of hydrogen-bond donors (Lipinski definition) is 3. The van der Waals surface area contributed by atoms with Crippen LogP contribution in [-0.2, 0) is 4.79 Å². The van der Waals surface area contributed by atoms with Crippen molar-refractivity contribution in [1.29, 1.82) is 0 Å². The van der Waals surface area contributed by atoms with Gasteiger partial charge in [0.1, 0.15) is 23.4 Å². The molecule has 3 N–H and O–H groups in total. The van der Waals surface area contributed by atoms with E-state index < -0.39 is 0 Å². The van der Waals surface area contributed by atoms with E-state index >= 15 is 0 Å². The second-order valence-electron chi connectivity index (χ2n) is 6.39. The van der Waals surface area contributed by atoms with Gasteiger partial charge in [0.15, 0.2) is 11.5 Å². The molecule has 1 aliphatic rings. The molecule has 10 heteroatoms. The summed E-state index contributed by atoms with van der Waals surface area (Å²) in [7, 11) is 0. The van der Waals surface area contributed by atoms with Gasteiger partial charge in [-0.05, 0) is 24.6 Å². The van der Waals surface area contributed by atoms with Crippen molar-refractivity contribution >= 4 is 34.7 Å². The number of anilines is 1. The Morgan fingerprint density at radius 2 is 2.04 bits per heavy atom. The third-order valence-corrected chi connectivity index (χ3v) is 5.88. The van der Waals surface area contributed by atoms with Gasteiger partial charge in [-0.25, -0.2) is 15.0 Å². The average molecular weight is 393 g/mol. The lowest BCUT2D eigenvalue weighted by Gasteiger charge is -2.15. The van der Waals surface area contributed by atoms with Crippen molar-refractivity contribution in [2.75, 3.05) is 11.1 Å². The molecule has 0 aliphatic carbocycles. The normalized spacial score (nSPS) is 16.6. The van der Waals surface area contributed by atoms with Crippen LogP contribution in [0.2, 0.25) is 0 Å². The fourth-order valence-electron chi connectivity index (χ4n) is 3.36. The number of aromatic nitrogens is 6. The number of amides is 1. The molecule has 1 aliphatic heterocycles. The Hall–Kier alpha value is -3.40. The van der Waals surface area contributed by atoms with Crippen molar-refractivity contribution < 1.29 is 9.90 Å². The first-order valence-corrected chi connectivity index (χ1v) is 9.61. The second kappa shape index (κ2) is 6.34. The van der Waals surface area contributed by atoms with Crippen LogP contribution in [0.5, 0.6) is 5.75 Å². The van der Waals surface area contributed by atoms with Crippen LogP contribution < -0.4 is 5.32 Å². The zero-order valence-electron chi connectivity index (χ0n) is 14.7. The fourth-order valence-corrected chi connectivity index (χ4v) is 4.55. The Morgan fingerprint density at radius 1 is 1.21 bits per heavy atom. The average Bonchev–Trinajstić information content (AvgIpc) is 3.24. The molecule has 0 saturated carbocycles. The molecule has 1 atom stereocenters. The highest BCUT2D eigenvalue weighted by atomic mass is 32.2. The third kappa shape index (κ3) is 2.61. The molecule has 4 aromatic rings. The number of H-pyrrole nitrogens is 1. The standard InChI is InChI=1S/C18H15N7O2S/c1-9-13-15(10-2-4-11(26)5-3-10)28-6-12(27)23-17(13)25(24-9)18-14-16(20-7-19-14)21-8-22-18/h2-5,7-8,15,26H,6H2,1H3,(H,23,27)(H,19,20,21,22). The van der Waals surface area contributed by atoms with E-state index in [1.165, 1.54) is 18.1 Å². The molecule has 0 fully saturated rings. The Balaban J connectivity index is 1.73. The minimum absolute atomic E-state index is 0.108. The smallest absolute Gasteiger partial charge is 0.235 e. The Morgan fingerprint density at radius 3 is 2.86 bits per heavy atom. The number of nitrogens with zero attached hydrogens (tertiary/aromatic N) is 5. The molecule has 3 aromatic heterocycles. The van der Waals surface area contributed by atoms with Gasteiger partial charge in [-0.1, -0.05) is 12.1 Å². The maximum Gasteiger partial charge on any atom is 0.235 e. The topological polar surface area (TPSA) is 122 Å². The number of fused-ring (bicyclic) bond motifs is 2. The van der Waals surface area contributed by atoms with Crippen molar-refractivity contribution in [3.05, 3.63) is 53.7 Å². The zero-order chi connectivity index (χ0) is 19.3. The Kier molecular flexibility index (Phi) is 3.79. The number of carbonyl (C=O) groups is 1.